The molecule has 0 saturated heterocycles. The van der Waals surface area contributed by atoms with Gasteiger partial charge in [-0.25, -0.2) is 4.79 Å². The first kappa shape index (κ1) is 17.1. The molecule has 2 bridgehead atoms. The molecule has 3 N–H and O–H groups in total. The number of fused-ring (bicyclic) bond motifs is 2. The second kappa shape index (κ2) is 5.66. The molecule has 4 atom stereocenters. The highest BCUT2D eigenvalue weighted by Crippen LogP contribution is 2.66. The van der Waals surface area contributed by atoms with Crippen LogP contribution in [-0.2, 0) is 16.0 Å². The minimum atomic E-state index is -1.28. The maximum Gasteiger partial charge on any atom is 0.335 e. The lowest BCUT2D eigenvalue weighted by atomic mass is 9.70. The Labute approximate surface area is 142 Å². The van der Waals surface area contributed by atoms with Gasteiger partial charge in [-0.05, 0) is 48.3 Å². The van der Waals surface area contributed by atoms with E-state index in [0.717, 1.165) is 12.8 Å². The van der Waals surface area contributed by atoms with Gasteiger partial charge in [0.15, 0.2) is 17.6 Å². The van der Waals surface area contributed by atoms with Crippen molar-refractivity contribution in [1.29, 1.82) is 0 Å². The number of phenolic OH excluding ortho intramolecular Hbond substituents is 2. The molecular formula is C19H26O5. The molecule has 0 radical (unpaired) electrons. The van der Waals surface area contributed by atoms with Crippen LogP contribution in [0.3, 0.4) is 0 Å². The lowest BCUT2D eigenvalue weighted by Crippen LogP contribution is -2.40. The van der Waals surface area contributed by atoms with E-state index >= 15 is 0 Å². The summed E-state index contributed by atoms with van der Waals surface area (Å²) in [6.45, 7) is 6.67. The summed E-state index contributed by atoms with van der Waals surface area (Å²) in [6, 6.07) is 4.24. The number of rotatable bonds is 4. The minimum Gasteiger partial charge on any atom is -0.504 e. The van der Waals surface area contributed by atoms with Gasteiger partial charge in [-0.15, -0.1) is 0 Å². The summed E-state index contributed by atoms with van der Waals surface area (Å²) in [5, 5.41) is 29.0. The van der Waals surface area contributed by atoms with E-state index in [4.69, 9.17) is 4.74 Å². The number of phenols is 2. The summed E-state index contributed by atoms with van der Waals surface area (Å²) in [5.41, 5.74) is 0.671. The Balaban J connectivity index is 1.64. The Morgan fingerprint density at radius 3 is 2.54 bits per heavy atom. The van der Waals surface area contributed by atoms with Crippen molar-refractivity contribution in [2.24, 2.45) is 16.7 Å². The second-order valence-corrected chi connectivity index (χ2v) is 8.08. The smallest absolute Gasteiger partial charge is 0.335 e. The molecule has 0 amide bonds. The van der Waals surface area contributed by atoms with Crippen molar-refractivity contribution < 1.29 is 24.9 Å². The van der Waals surface area contributed by atoms with Gasteiger partial charge in [0.25, 0.3) is 0 Å². The molecule has 3 rings (SSSR count). The molecule has 0 aromatic heterocycles. The molecule has 0 aliphatic heterocycles. The van der Waals surface area contributed by atoms with E-state index in [1.807, 2.05) is 0 Å². The first-order valence-corrected chi connectivity index (χ1v) is 8.54. The average Bonchev–Trinajstić information content (AvgIpc) is 2.84. The van der Waals surface area contributed by atoms with Gasteiger partial charge in [0, 0.05) is 11.8 Å². The Morgan fingerprint density at radius 2 is 2.00 bits per heavy atom. The first-order chi connectivity index (χ1) is 11.1. The molecular weight excluding hydrogens is 308 g/mol. The van der Waals surface area contributed by atoms with E-state index in [0.29, 0.717) is 11.5 Å². The minimum absolute atomic E-state index is 0.0378. The Bertz CT molecular complexity index is 653. The van der Waals surface area contributed by atoms with Crippen molar-refractivity contribution in [1.82, 2.24) is 0 Å². The summed E-state index contributed by atoms with van der Waals surface area (Å²) < 4.78 is 5.67. The maximum absolute atomic E-state index is 12.3. The molecule has 5 heteroatoms. The fourth-order valence-electron chi connectivity index (χ4n) is 4.53. The molecule has 24 heavy (non-hydrogen) atoms. The van der Waals surface area contributed by atoms with Crippen LogP contribution in [0.4, 0.5) is 0 Å². The topological polar surface area (TPSA) is 87.0 Å². The van der Waals surface area contributed by atoms with E-state index in [1.54, 1.807) is 6.07 Å². The third-order valence-electron chi connectivity index (χ3n) is 6.71. The number of hydrogen-bond donors (Lipinski definition) is 3. The summed E-state index contributed by atoms with van der Waals surface area (Å²) in [5.74, 6) is -0.549. The fraction of sp³-hybridized carbons (Fsp3) is 0.632. The van der Waals surface area contributed by atoms with Crippen LogP contribution in [0.1, 0.15) is 45.6 Å². The molecule has 5 nitrogen and oxygen atoms in total. The number of carbonyl (C=O) groups is 1. The third kappa shape index (κ3) is 2.55. The van der Waals surface area contributed by atoms with Crippen molar-refractivity contribution in [2.45, 2.75) is 58.7 Å². The number of hydrogen-bond acceptors (Lipinski definition) is 5. The zero-order valence-electron chi connectivity index (χ0n) is 14.5. The lowest BCUT2D eigenvalue weighted by Gasteiger charge is -2.38. The van der Waals surface area contributed by atoms with Crippen LogP contribution < -0.4 is 0 Å². The fourth-order valence-corrected chi connectivity index (χ4v) is 4.53. The zero-order chi connectivity index (χ0) is 17.7. The monoisotopic (exact) mass is 334 g/mol. The van der Waals surface area contributed by atoms with Crippen molar-refractivity contribution in [2.75, 3.05) is 0 Å². The quantitative estimate of drug-likeness (QED) is 0.582. The number of aromatic hydroxyl groups is 2. The van der Waals surface area contributed by atoms with Crippen LogP contribution >= 0.6 is 0 Å². The molecule has 2 fully saturated rings. The van der Waals surface area contributed by atoms with Gasteiger partial charge >= 0.3 is 5.97 Å². The third-order valence-corrected chi connectivity index (χ3v) is 6.71. The van der Waals surface area contributed by atoms with E-state index in [2.05, 4.69) is 20.8 Å². The highest BCUT2D eigenvalue weighted by molar-refractivity contribution is 5.75. The average molecular weight is 334 g/mol. The van der Waals surface area contributed by atoms with Crippen molar-refractivity contribution in [3.05, 3.63) is 23.8 Å². The molecule has 1 unspecified atom stereocenters. The molecule has 132 valence electrons. The number of ether oxygens (including phenoxy) is 1. The summed E-state index contributed by atoms with van der Waals surface area (Å²) in [7, 11) is 0. The van der Waals surface area contributed by atoms with Gasteiger partial charge in [-0.1, -0.05) is 26.8 Å². The number of benzene rings is 1. The predicted octanol–water partition coefficient (Wildman–Crippen LogP) is 2.76. The van der Waals surface area contributed by atoms with Crippen molar-refractivity contribution >= 4 is 5.97 Å². The largest absolute Gasteiger partial charge is 0.504 e. The van der Waals surface area contributed by atoms with Gasteiger partial charge in [0.1, 0.15) is 6.10 Å². The number of esters is 1. The number of aliphatic hydroxyl groups is 1. The Hall–Kier alpha value is -1.75. The van der Waals surface area contributed by atoms with Crippen LogP contribution in [0, 0.1) is 16.7 Å². The number of aliphatic hydroxyl groups excluding tert-OH is 1. The number of carbonyl (C=O) groups excluding carboxylic acids is 1. The SMILES string of the molecule is CC1(C)[C@@H]2CC[C@]1(C)[C@@H](OC(=O)C(O)Cc1ccc(O)c(O)c1)C2. The summed E-state index contributed by atoms with van der Waals surface area (Å²) in [4.78, 5) is 12.3. The Kier molecular flexibility index (Phi) is 4.03. The highest BCUT2D eigenvalue weighted by atomic mass is 16.6. The van der Waals surface area contributed by atoms with E-state index in [-0.39, 0.29) is 34.9 Å². The van der Waals surface area contributed by atoms with Gasteiger partial charge in [0.2, 0.25) is 0 Å². The van der Waals surface area contributed by atoms with E-state index < -0.39 is 12.1 Å². The van der Waals surface area contributed by atoms with Gasteiger partial charge in [-0.2, -0.15) is 0 Å². The van der Waals surface area contributed by atoms with Crippen LogP contribution in [0.2, 0.25) is 0 Å². The molecule has 0 heterocycles. The predicted molar refractivity (Wildman–Crippen MR) is 88.6 cm³/mol. The molecule has 2 saturated carbocycles. The summed E-state index contributed by atoms with van der Waals surface area (Å²) in [6.07, 6.45) is 1.70. The molecule has 2 aliphatic rings. The second-order valence-electron chi connectivity index (χ2n) is 8.08. The molecule has 1 aromatic rings. The molecule has 1 aromatic carbocycles. The summed E-state index contributed by atoms with van der Waals surface area (Å²) >= 11 is 0. The highest BCUT2D eigenvalue weighted by Gasteiger charge is 2.63. The zero-order valence-corrected chi connectivity index (χ0v) is 14.5. The lowest BCUT2D eigenvalue weighted by molar-refractivity contribution is -0.166. The van der Waals surface area contributed by atoms with Crippen LogP contribution in [0.5, 0.6) is 11.5 Å². The van der Waals surface area contributed by atoms with Crippen LogP contribution in [-0.4, -0.2) is 33.5 Å². The van der Waals surface area contributed by atoms with Crippen LogP contribution in [0.15, 0.2) is 18.2 Å². The van der Waals surface area contributed by atoms with Gasteiger partial charge in [-0.3, -0.25) is 0 Å². The Morgan fingerprint density at radius 1 is 1.29 bits per heavy atom. The van der Waals surface area contributed by atoms with Crippen molar-refractivity contribution in [3.8, 4) is 11.5 Å². The van der Waals surface area contributed by atoms with E-state index in [9.17, 15) is 20.1 Å². The van der Waals surface area contributed by atoms with Crippen molar-refractivity contribution in [3.63, 3.8) is 0 Å². The van der Waals surface area contributed by atoms with Gasteiger partial charge < -0.3 is 20.1 Å². The maximum atomic E-state index is 12.3. The van der Waals surface area contributed by atoms with E-state index in [1.165, 1.54) is 18.6 Å². The first-order valence-electron chi connectivity index (χ1n) is 8.54. The van der Waals surface area contributed by atoms with Gasteiger partial charge in [0.05, 0.1) is 0 Å². The normalized spacial score (nSPS) is 31.8. The molecule has 2 aliphatic carbocycles. The van der Waals surface area contributed by atoms with Crippen LogP contribution in [0.25, 0.3) is 0 Å². The standard InChI is InChI=1S/C19H26O5/c1-18(2)12-6-7-19(18,3)16(10-12)24-17(23)15(22)9-11-4-5-13(20)14(21)8-11/h4-5,8,12,15-16,20-22H,6-7,9-10H2,1-3H3/t12-,15?,16+,19-/m1/s1. The molecule has 0 spiro atoms.